The van der Waals surface area contributed by atoms with Crippen LogP contribution in [0.4, 0.5) is 10.1 Å². The summed E-state index contributed by atoms with van der Waals surface area (Å²) >= 11 is 4.71. The average molecular weight is 437 g/mol. The lowest BCUT2D eigenvalue weighted by Gasteiger charge is -2.13. The van der Waals surface area contributed by atoms with E-state index in [-0.39, 0.29) is 10.4 Å². The second-order valence-electron chi connectivity index (χ2n) is 5.92. The van der Waals surface area contributed by atoms with E-state index in [1.54, 1.807) is 12.3 Å². The van der Waals surface area contributed by atoms with Crippen LogP contribution < -0.4 is 10.5 Å². The first-order valence-electron chi connectivity index (χ1n) is 7.99. The average Bonchev–Trinajstić information content (AvgIpc) is 2.98. The number of alkyl halides is 2. The summed E-state index contributed by atoms with van der Waals surface area (Å²) in [6.07, 6.45) is 8.09. The van der Waals surface area contributed by atoms with Crippen LogP contribution >= 0.6 is 27.3 Å². The van der Waals surface area contributed by atoms with Gasteiger partial charge in [0.05, 0.1) is 16.6 Å². The lowest BCUT2D eigenvalue weighted by atomic mass is 10.2. The molecule has 3 aromatic rings. The molecule has 0 bridgehead atoms. The van der Waals surface area contributed by atoms with Crippen molar-refractivity contribution in [3.63, 3.8) is 0 Å². The number of anilines is 1. The summed E-state index contributed by atoms with van der Waals surface area (Å²) in [4.78, 5) is 24.7. The Morgan fingerprint density at radius 3 is 2.88 bits per heavy atom. The Hall–Kier alpha value is -2.06. The molecular weight excluding hydrogens is 419 g/mol. The van der Waals surface area contributed by atoms with Crippen LogP contribution in [0.3, 0.4) is 0 Å². The molecule has 3 rings (SSSR count). The van der Waals surface area contributed by atoms with Gasteiger partial charge in [-0.2, -0.15) is 0 Å². The highest BCUT2D eigenvalue weighted by Crippen LogP contribution is 2.35. The predicted molar refractivity (Wildman–Crippen MR) is 111 cm³/mol. The fourth-order valence-corrected chi connectivity index (χ4v) is 3.85. The molecule has 1 unspecified atom stereocenters. The number of thiophene rings is 1. The fourth-order valence-electron chi connectivity index (χ4n) is 2.65. The third-order valence-electron chi connectivity index (χ3n) is 3.84. The van der Waals surface area contributed by atoms with Crippen molar-refractivity contribution in [3.05, 3.63) is 47.2 Å². The maximum Gasteiger partial charge on any atom is 0.275 e. The first kappa shape index (κ1) is 18.7. The van der Waals surface area contributed by atoms with E-state index in [9.17, 15) is 9.18 Å². The summed E-state index contributed by atoms with van der Waals surface area (Å²) in [5, 5.41) is 0.863. The van der Waals surface area contributed by atoms with Gasteiger partial charge in [-0.05, 0) is 25.1 Å². The van der Waals surface area contributed by atoms with E-state index < -0.39 is 6.67 Å². The first-order chi connectivity index (χ1) is 12.4. The molecule has 136 valence electrons. The topological polar surface area (TPSA) is 51.0 Å². The predicted octanol–water partition coefficient (Wildman–Crippen LogP) is 4.22. The summed E-state index contributed by atoms with van der Waals surface area (Å²) in [6.45, 7) is 1.27. The molecule has 0 aliphatic rings. The van der Waals surface area contributed by atoms with Gasteiger partial charge in [-0.3, -0.25) is 9.36 Å². The number of pyridine rings is 1. The van der Waals surface area contributed by atoms with Crippen LogP contribution in [0.25, 0.3) is 26.1 Å². The zero-order valence-electron chi connectivity index (χ0n) is 14.6. The van der Waals surface area contributed by atoms with Gasteiger partial charge in [0.1, 0.15) is 22.5 Å². The number of hydrogen-bond acceptors (Lipinski definition) is 5. The van der Waals surface area contributed by atoms with E-state index in [2.05, 4.69) is 25.9 Å². The van der Waals surface area contributed by atoms with E-state index in [0.717, 1.165) is 15.9 Å². The van der Waals surface area contributed by atoms with Crippen LogP contribution in [0, 0.1) is 0 Å². The van der Waals surface area contributed by atoms with Crippen molar-refractivity contribution in [3.8, 4) is 0 Å². The summed E-state index contributed by atoms with van der Waals surface area (Å²) < 4.78 is 14.8. The van der Waals surface area contributed by atoms with Gasteiger partial charge >= 0.3 is 0 Å². The normalized spacial score (nSPS) is 13.8. The van der Waals surface area contributed by atoms with Crippen molar-refractivity contribution in [1.29, 1.82) is 0 Å². The minimum absolute atomic E-state index is 0.106. The SMILES string of the molecule is CC(Br)/C=C\C(=C/CF)n1cnc2c(sc3nccc(N(C)C)c32)c1=O. The molecule has 0 fully saturated rings. The third kappa shape index (κ3) is 3.43. The molecule has 0 radical (unpaired) electrons. The smallest absolute Gasteiger partial charge is 0.275 e. The Labute approximate surface area is 162 Å². The number of rotatable bonds is 5. The third-order valence-corrected chi connectivity index (χ3v) is 5.22. The Balaban J connectivity index is 2.27. The number of aromatic nitrogens is 3. The van der Waals surface area contributed by atoms with Crippen LogP contribution in [0.15, 0.2) is 41.6 Å². The highest BCUT2D eigenvalue weighted by Gasteiger charge is 2.17. The van der Waals surface area contributed by atoms with Crippen LogP contribution in [0.5, 0.6) is 0 Å². The Morgan fingerprint density at radius 1 is 1.46 bits per heavy atom. The lowest BCUT2D eigenvalue weighted by Crippen LogP contribution is -2.18. The minimum Gasteiger partial charge on any atom is -0.377 e. The van der Waals surface area contributed by atoms with Crippen LogP contribution in [-0.4, -0.2) is 40.1 Å². The zero-order valence-corrected chi connectivity index (χ0v) is 17.0. The number of fused-ring (bicyclic) bond motifs is 3. The van der Waals surface area contributed by atoms with Crippen LogP contribution in [-0.2, 0) is 0 Å². The quantitative estimate of drug-likeness (QED) is 0.443. The van der Waals surface area contributed by atoms with Gasteiger partial charge in [-0.15, -0.1) is 11.3 Å². The maximum atomic E-state index is 13.0. The largest absolute Gasteiger partial charge is 0.377 e. The zero-order chi connectivity index (χ0) is 18.8. The molecule has 8 heteroatoms. The van der Waals surface area contributed by atoms with Gasteiger partial charge in [-0.1, -0.05) is 22.0 Å². The molecule has 1 atom stereocenters. The molecule has 26 heavy (non-hydrogen) atoms. The van der Waals surface area contributed by atoms with Gasteiger partial charge in [-0.25, -0.2) is 14.4 Å². The number of hydrogen-bond donors (Lipinski definition) is 0. The molecular formula is C18H18BrFN4OS. The molecule has 0 saturated carbocycles. The van der Waals surface area contributed by atoms with Gasteiger partial charge < -0.3 is 4.90 Å². The van der Waals surface area contributed by atoms with Crippen molar-refractivity contribution in [2.24, 2.45) is 0 Å². The van der Waals surface area contributed by atoms with Gasteiger partial charge in [0, 0.05) is 30.8 Å². The minimum atomic E-state index is -0.667. The summed E-state index contributed by atoms with van der Waals surface area (Å²) in [5.41, 5.74) is 1.81. The summed E-state index contributed by atoms with van der Waals surface area (Å²) in [7, 11) is 3.88. The Kier molecular flexibility index (Phi) is 5.52. The van der Waals surface area contributed by atoms with E-state index in [1.165, 1.54) is 28.3 Å². The van der Waals surface area contributed by atoms with Crippen LogP contribution in [0.1, 0.15) is 6.92 Å². The van der Waals surface area contributed by atoms with E-state index in [4.69, 9.17) is 0 Å². The van der Waals surface area contributed by atoms with E-state index in [0.29, 0.717) is 15.9 Å². The molecule has 0 spiro atoms. The van der Waals surface area contributed by atoms with Crippen molar-refractivity contribution >= 4 is 59.1 Å². The van der Waals surface area contributed by atoms with Gasteiger partial charge in [0.2, 0.25) is 0 Å². The molecule has 0 aliphatic carbocycles. The summed E-state index contributed by atoms with van der Waals surface area (Å²) in [5.74, 6) is 0. The molecule has 0 aromatic carbocycles. The number of nitrogens with zero attached hydrogens (tertiary/aromatic N) is 4. The standard InChI is InChI=1S/C18H18BrFN4OS/c1-11(19)4-5-12(6-8-20)24-10-22-15-14-13(23(2)3)7-9-21-17(14)26-16(15)18(24)25/h4-7,9-11H,8H2,1-3H3/b5-4-,12-6+. The fraction of sp³-hybridized carbons (Fsp3) is 0.278. The Morgan fingerprint density at radius 2 is 2.23 bits per heavy atom. The molecule has 0 amide bonds. The van der Waals surface area contributed by atoms with E-state index in [1.807, 2.05) is 38.1 Å². The van der Waals surface area contributed by atoms with Crippen molar-refractivity contribution in [2.75, 3.05) is 25.7 Å². The Bertz CT molecular complexity index is 1070. The van der Waals surface area contributed by atoms with Crippen molar-refractivity contribution in [1.82, 2.24) is 14.5 Å². The maximum absolute atomic E-state index is 13.0. The molecule has 0 N–H and O–H groups in total. The molecule has 3 heterocycles. The van der Waals surface area contributed by atoms with E-state index >= 15 is 0 Å². The summed E-state index contributed by atoms with van der Waals surface area (Å²) in [6, 6.07) is 1.90. The van der Waals surface area contributed by atoms with Crippen molar-refractivity contribution in [2.45, 2.75) is 11.8 Å². The molecule has 0 saturated heterocycles. The second kappa shape index (κ2) is 7.67. The molecule has 0 aliphatic heterocycles. The highest BCUT2D eigenvalue weighted by atomic mass is 79.9. The molecule has 3 aromatic heterocycles. The monoisotopic (exact) mass is 436 g/mol. The highest BCUT2D eigenvalue weighted by molar-refractivity contribution is 9.09. The van der Waals surface area contributed by atoms with Crippen molar-refractivity contribution < 1.29 is 4.39 Å². The number of allylic oxidation sites excluding steroid dienone is 4. The number of halogens is 2. The lowest BCUT2D eigenvalue weighted by molar-refractivity contribution is 0.561. The van der Waals surface area contributed by atoms with Gasteiger partial charge in [0.15, 0.2) is 0 Å². The van der Waals surface area contributed by atoms with Gasteiger partial charge in [0.25, 0.3) is 5.56 Å². The first-order valence-corrected chi connectivity index (χ1v) is 9.72. The van der Waals surface area contributed by atoms with Crippen LogP contribution in [0.2, 0.25) is 0 Å². The second-order valence-corrected chi connectivity index (χ2v) is 8.37. The molecule has 5 nitrogen and oxygen atoms in total.